The number of hydrogen-bond acceptors (Lipinski definition) is 6. The number of nitrogens with zero attached hydrogens (tertiary/aromatic N) is 5. The molecule has 0 radical (unpaired) electrons. The van der Waals surface area contributed by atoms with Crippen molar-refractivity contribution in [1.29, 1.82) is 0 Å². The molecule has 1 amide bonds. The third kappa shape index (κ3) is 3.71. The number of thiazole rings is 1. The average Bonchev–Trinajstić information content (AvgIpc) is 3.21. The average molecular weight is 433 g/mol. The molecule has 0 saturated carbocycles. The Balaban J connectivity index is 1.61. The highest BCUT2D eigenvalue weighted by molar-refractivity contribution is 7.22. The monoisotopic (exact) mass is 433 g/mol. The number of carbonyl (C=O) groups excluding carboxylic acids is 1. The van der Waals surface area contributed by atoms with Crippen LogP contribution in [0, 0.1) is 11.6 Å². The van der Waals surface area contributed by atoms with Crippen LogP contribution >= 0.6 is 11.3 Å². The lowest BCUT2D eigenvalue weighted by Gasteiger charge is -2.19. The zero-order valence-corrected chi connectivity index (χ0v) is 16.7. The fourth-order valence-electron chi connectivity index (χ4n) is 3.19. The van der Waals surface area contributed by atoms with Gasteiger partial charge in [-0.3, -0.25) is 24.6 Å². The van der Waals surface area contributed by atoms with Crippen molar-refractivity contribution in [1.82, 2.24) is 19.9 Å². The van der Waals surface area contributed by atoms with E-state index in [0.717, 1.165) is 17.4 Å². The zero-order valence-electron chi connectivity index (χ0n) is 15.9. The second-order valence-electron chi connectivity index (χ2n) is 6.70. The second-order valence-corrected chi connectivity index (χ2v) is 7.71. The summed E-state index contributed by atoms with van der Waals surface area (Å²) in [6.45, 7) is 0.113. The summed E-state index contributed by atoms with van der Waals surface area (Å²) in [5.74, 6) is -1.84. The molecule has 0 aliphatic carbocycles. The van der Waals surface area contributed by atoms with Crippen molar-refractivity contribution in [3.63, 3.8) is 0 Å². The Morgan fingerprint density at radius 2 is 1.77 bits per heavy atom. The SMILES string of the molecule is O=C(c1ccc2nccnc2c1)N(Cc1ccccn1)c1nc2c(F)cc(F)cc2s1. The molecular formula is C22H13F2N5OS. The van der Waals surface area contributed by atoms with Gasteiger partial charge in [0.15, 0.2) is 10.9 Å². The van der Waals surface area contributed by atoms with Crippen LogP contribution in [0.5, 0.6) is 0 Å². The van der Waals surface area contributed by atoms with Gasteiger partial charge in [-0.1, -0.05) is 17.4 Å². The minimum Gasteiger partial charge on any atom is -0.278 e. The molecule has 0 atom stereocenters. The van der Waals surface area contributed by atoms with E-state index >= 15 is 0 Å². The molecule has 5 rings (SSSR count). The number of benzene rings is 2. The van der Waals surface area contributed by atoms with Gasteiger partial charge in [-0.2, -0.15) is 0 Å². The molecular weight excluding hydrogens is 420 g/mol. The maximum atomic E-state index is 14.2. The first-order valence-electron chi connectivity index (χ1n) is 9.26. The fourth-order valence-corrected chi connectivity index (χ4v) is 4.20. The maximum absolute atomic E-state index is 14.2. The number of aromatic nitrogens is 4. The minimum atomic E-state index is -0.774. The number of pyridine rings is 1. The van der Waals surface area contributed by atoms with Crippen LogP contribution in [0.3, 0.4) is 0 Å². The largest absolute Gasteiger partial charge is 0.278 e. The third-order valence-corrected chi connectivity index (χ3v) is 5.67. The lowest BCUT2D eigenvalue weighted by atomic mass is 10.1. The summed E-state index contributed by atoms with van der Waals surface area (Å²) >= 11 is 1.04. The van der Waals surface area contributed by atoms with Crippen LogP contribution < -0.4 is 4.90 Å². The van der Waals surface area contributed by atoms with Crippen LogP contribution in [-0.4, -0.2) is 25.8 Å². The van der Waals surface area contributed by atoms with Gasteiger partial charge in [0, 0.05) is 30.2 Å². The van der Waals surface area contributed by atoms with Crippen LogP contribution in [0.25, 0.3) is 21.3 Å². The van der Waals surface area contributed by atoms with Gasteiger partial charge >= 0.3 is 0 Å². The van der Waals surface area contributed by atoms with E-state index in [9.17, 15) is 13.6 Å². The molecule has 0 spiro atoms. The normalized spacial score (nSPS) is 11.2. The summed E-state index contributed by atoms with van der Waals surface area (Å²) in [5, 5.41) is 0.245. The number of anilines is 1. The van der Waals surface area contributed by atoms with Gasteiger partial charge in [0.2, 0.25) is 0 Å². The molecule has 3 aromatic heterocycles. The number of halogens is 2. The van der Waals surface area contributed by atoms with Crippen molar-refractivity contribution in [2.75, 3.05) is 4.90 Å². The maximum Gasteiger partial charge on any atom is 0.260 e. The highest BCUT2D eigenvalue weighted by Crippen LogP contribution is 2.32. The smallest absolute Gasteiger partial charge is 0.260 e. The highest BCUT2D eigenvalue weighted by atomic mass is 32.1. The summed E-state index contributed by atoms with van der Waals surface area (Å²) < 4.78 is 28.2. The molecule has 31 heavy (non-hydrogen) atoms. The molecule has 152 valence electrons. The Hall–Kier alpha value is -3.85. The first-order chi connectivity index (χ1) is 15.1. The third-order valence-electron chi connectivity index (χ3n) is 4.64. The van der Waals surface area contributed by atoms with Crippen LogP contribution in [-0.2, 0) is 6.54 Å². The summed E-state index contributed by atoms with van der Waals surface area (Å²) in [4.78, 5) is 31.9. The van der Waals surface area contributed by atoms with E-state index in [2.05, 4.69) is 19.9 Å². The fraction of sp³-hybridized carbons (Fsp3) is 0.0455. The van der Waals surface area contributed by atoms with Gasteiger partial charge in [0.25, 0.3) is 5.91 Å². The number of fused-ring (bicyclic) bond motifs is 2. The zero-order chi connectivity index (χ0) is 21.4. The van der Waals surface area contributed by atoms with Gasteiger partial charge in [0.1, 0.15) is 11.3 Å². The predicted octanol–water partition coefficient (Wildman–Crippen LogP) is 4.76. The van der Waals surface area contributed by atoms with Crippen molar-refractivity contribution in [2.24, 2.45) is 0 Å². The lowest BCUT2D eigenvalue weighted by molar-refractivity contribution is 0.0985. The number of hydrogen-bond donors (Lipinski definition) is 0. The van der Waals surface area contributed by atoms with E-state index < -0.39 is 11.6 Å². The van der Waals surface area contributed by atoms with Crippen molar-refractivity contribution in [3.05, 3.63) is 90.0 Å². The van der Waals surface area contributed by atoms with Crippen LogP contribution in [0.15, 0.2) is 67.1 Å². The van der Waals surface area contributed by atoms with Crippen LogP contribution in [0.4, 0.5) is 13.9 Å². The molecule has 3 heterocycles. The van der Waals surface area contributed by atoms with E-state index in [4.69, 9.17) is 0 Å². The van der Waals surface area contributed by atoms with E-state index in [1.165, 1.54) is 11.0 Å². The Kier molecular flexibility index (Phi) is 4.79. The molecule has 9 heteroatoms. The Morgan fingerprint density at radius 1 is 0.935 bits per heavy atom. The van der Waals surface area contributed by atoms with Crippen molar-refractivity contribution >= 4 is 43.6 Å². The summed E-state index contributed by atoms with van der Waals surface area (Å²) in [7, 11) is 0. The topological polar surface area (TPSA) is 71.9 Å². The lowest BCUT2D eigenvalue weighted by Crippen LogP contribution is -2.30. The highest BCUT2D eigenvalue weighted by Gasteiger charge is 2.24. The Labute approximate surface area is 178 Å². The van der Waals surface area contributed by atoms with E-state index in [0.29, 0.717) is 27.0 Å². The molecule has 2 aromatic carbocycles. The van der Waals surface area contributed by atoms with Crippen LogP contribution in [0.2, 0.25) is 0 Å². The van der Waals surface area contributed by atoms with Gasteiger partial charge in [-0.25, -0.2) is 13.8 Å². The molecule has 0 bridgehead atoms. The predicted molar refractivity (Wildman–Crippen MR) is 114 cm³/mol. The van der Waals surface area contributed by atoms with E-state index in [1.54, 1.807) is 48.9 Å². The Bertz CT molecular complexity index is 1420. The number of rotatable bonds is 4. The standard InChI is InChI=1S/C22H13F2N5OS/c23-14-10-16(24)20-19(11-14)31-22(28-20)29(12-15-3-1-2-6-25-15)21(30)13-4-5-17-18(9-13)27-8-7-26-17/h1-11H,12H2. The molecule has 5 aromatic rings. The minimum absolute atomic E-state index is 0.0181. The Morgan fingerprint density at radius 3 is 2.58 bits per heavy atom. The van der Waals surface area contributed by atoms with Gasteiger partial charge < -0.3 is 0 Å². The molecule has 6 nitrogen and oxygen atoms in total. The van der Waals surface area contributed by atoms with Crippen molar-refractivity contribution < 1.29 is 13.6 Å². The molecule has 0 fully saturated rings. The quantitative estimate of drug-likeness (QED) is 0.409. The van der Waals surface area contributed by atoms with Gasteiger partial charge in [-0.05, 0) is 36.4 Å². The van der Waals surface area contributed by atoms with Crippen molar-refractivity contribution in [3.8, 4) is 0 Å². The second kappa shape index (κ2) is 7.77. The summed E-state index contributed by atoms with van der Waals surface area (Å²) in [6, 6.07) is 12.3. The number of amides is 1. The van der Waals surface area contributed by atoms with Crippen LogP contribution in [0.1, 0.15) is 16.1 Å². The molecule has 0 unspecified atom stereocenters. The summed E-state index contributed by atoms with van der Waals surface area (Å²) in [5.41, 5.74) is 2.25. The first-order valence-corrected chi connectivity index (χ1v) is 10.1. The molecule has 0 aliphatic heterocycles. The van der Waals surface area contributed by atoms with Crippen molar-refractivity contribution in [2.45, 2.75) is 6.54 Å². The first kappa shape index (κ1) is 19.1. The van der Waals surface area contributed by atoms with Gasteiger partial charge in [-0.15, -0.1) is 0 Å². The molecule has 0 N–H and O–H groups in total. The summed E-state index contributed by atoms with van der Waals surface area (Å²) in [6.07, 6.45) is 4.75. The molecule has 0 saturated heterocycles. The molecule has 0 aliphatic rings. The van der Waals surface area contributed by atoms with E-state index in [1.807, 2.05) is 6.07 Å². The van der Waals surface area contributed by atoms with Gasteiger partial charge in [0.05, 0.1) is 28.0 Å². The van der Waals surface area contributed by atoms with E-state index in [-0.39, 0.29) is 23.1 Å². The number of carbonyl (C=O) groups is 1.